The fraction of sp³-hybridized carbons (Fsp3) is 0.200. The zero-order chi connectivity index (χ0) is 17.1. The van der Waals surface area contributed by atoms with Crippen LogP contribution in [0.5, 0.6) is 0 Å². The highest BCUT2D eigenvalue weighted by atomic mass is 32.1. The van der Waals surface area contributed by atoms with Gasteiger partial charge < -0.3 is 9.88 Å². The van der Waals surface area contributed by atoms with Crippen molar-refractivity contribution in [2.24, 2.45) is 0 Å². The lowest BCUT2D eigenvalue weighted by molar-refractivity contribution is -0.120. The van der Waals surface area contributed by atoms with Crippen molar-refractivity contribution in [1.29, 1.82) is 0 Å². The van der Waals surface area contributed by atoms with E-state index in [1.807, 2.05) is 42.5 Å². The van der Waals surface area contributed by atoms with Crippen LogP contribution in [0.4, 0.5) is 5.69 Å². The number of carbonyl (C=O) groups is 1. The van der Waals surface area contributed by atoms with E-state index < -0.39 is 0 Å². The molecule has 2 aromatic carbocycles. The summed E-state index contributed by atoms with van der Waals surface area (Å²) in [5, 5.41) is 1.80. The van der Waals surface area contributed by atoms with Crippen LogP contribution in [0.2, 0.25) is 0 Å². The molecule has 1 saturated heterocycles. The molecular formula is C20H17N3OS. The van der Waals surface area contributed by atoms with Gasteiger partial charge in [-0.05, 0) is 42.9 Å². The molecule has 3 aromatic rings. The van der Waals surface area contributed by atoms with Gasteiger partial charge >= 0.3 is 0 Å². The van der Waals surface area contributed by atoms with Crippen LogP contribution in [0.3, 0.4) is 0 Å². The van der Waals surface area contributed by atoms with Gasteiger partial charge in [0, 0.05) is 23.0 Å². The molecule has 3 heterocycles. The molecule has 4 nitrogen and oxygen atoms in total. The number of para-hydroxylation sites is 2. The topological polar surface area (TPSA) is 39.3 Å². The molecule has 5 heteroatoms. The van der Waals surface area contributed by atoms with Crippen LogP contribution < -0.4 is 4.90 Å². The maximum absolute atomic E-state index is 13.2. The zero-order valence-corrected chi connectivity index (χ0v) is 14.6. The van der Waals surface area contributed by atoms with Gasteiger partial charge in [-0.2, -0.15) is 0 Å². The van der Waals surface area contributed by atoms with E-state index in [1.54, 1.807) is 4.90 Å². The Morgan fingerprint density at radius 2 is 1.80 bits per heavy atom. The first-order valence-corrected chi connectivity index (χ1v) is 8.88. The SMILES string of the molecule is C[C@H]1c2[nH]c3ccccc3c2C[C@@H]2C(=O)N(c3ccccc3)C(=S)N21. The standard InChI is InChI=1S/C20H17N3OS/c1-12-18-15(14-9-5-6-10-16(14)21-18)11-17-19(24)23(20(25)22(12)17)13-7-3-2-4-8-13/h2-10,12,17,21H,11H2,1H3/t12-,17+/m0/s1. The number of fused-ring (bicyclic) bond motifs is 4. The number of amides is 1. The smallest absolute Gasteiger partial charge is 0.256 e. The summed E-state index contributed by atoms with van der Waals surface area (Å²) >= 11 is 5.70. The molecule has 5 rings (SSSR count). The third-order valence-electron chi connectivity index (χ3n) is 5.35. The Bertz CT molecular complexity index is 1010. The average molecular weight is 347 g/mol. The van der Waals surface area contributed by atoms with Crippen molar-refractivity contribution in [2.75, 3.05) is 4.90 Å². The molecule has 1 N–H and O–H groups in total. The number of anilines is 1. The van der Waals surface area contributed by atoms with Crippen molar-refractivity contribution in [3.8, 4) is 0 Å². The molecule has 0 bridgehead atoms. The van der Waals surface area contributed by atoms with Gasteiger partial charge in [-0.1, -0.05) is 36.4 Å². The Hall–Kier alpha value is -2.66. The fourth-order valence-electron chi connectivity index (χ4n) is 4.18. The number of hydrogen-bond acceptors (Lipinski definition) is 2. The molecule has 2 aliphatic rings. The maximum atomic E-state index is 13.2. The number of rotatable bonds is 1. The lowest BCUT2D eigenvalue weighted by Crippen LogP contribution is -2.42. The lowest BCUT2D eigenvalue weighted by Gasteiger charge is -2.34. The number of H-pyrrole nitrogens is 1. The van der Waals surface area contributed by atoms with Crippen LogP contribution >= 0.6 is 12.2 Å². The Labute approximate surface area is 151 Å². The van der Waals surface area contributed by atoms with Crippen molar-refractivity contribution >= 4 is 39.8 Å². The average Bonchev–Trinajstić information content (AvgIpc) is 3.13. The van der Waals surface area contributed by atoms with Crippen LogP contribution in [0.15, 0.2) is 54.6 Å². The van der Waals surface area contributed by atoms with E-state index in [0.717, 1.165) is 11.2 Å². The number of aromatic amines is 1. The van der Waals surface area contributed by atoms with E-state index in [0.29, 0.717) is 11.5 Å². The van der Waals surface area contributed by atoms with Crippen LogP contribution in [0, 0.1) is 0 Å². The minimum absolute atomic E-state index is 0.0475. The van der Waals surface area contributed by atoms with Crippen LogP contribution in [0.25, 0.3) is 10.9 Å². The first-order valence-electron chi connectivity index (χ1n) is 8.47. The molecule has 0 unspecified atom stereocenters. The van der Waals surface area contributed by atoms with Gasteiger partial charge in [-0.25, -0.2) is 0 Å². The van der Waals surface area contributed by atoms with Gasteiger partial charge in [0.2, 0.25) is 0 Å². The summed E-state index contributed by atoms with van der Waals surface area (Å²) in [6.07, 6.45) is 0.687. The van der Waals surface area contributed by atoms with Crippen molar-refractivity contribution in [2.45, 2.75) is 25.4 Å². The van der Waals surface area contributed by atoms with Gasteiger partial charge in [0.25, 0.3) is 5.91 Å². The van der Waals surface area contributed by atoms with E-state index in [2.05, 4.69) is 28.9 Å². The second kappa shape index (κ2) is 5.17. The highest BCUT2D eigenvalue weighted by Crippen LogP contribution is 2.41. The van der Waals surface area contributed by atoms with Crippen LogP contribution in [0.1, 0.15) is 24.2 Å². The van der Waals surface area contributed by atoms with Gasteiger partial charge in [-0.15, -0.1) is 0 Å². The monoisotopic (exact) mass is 347 g/mol. The third kappa shape index (κ3) is 1.93. The number of benzene rings is 2. The minimum atomic E-state index is -0.227. The van der Waals surface area contributed by atoms with Gasteiger partial charge in [0.1, 0.15) is 6.04 Å². The fourth-order valence-corrected chi connectivity index (χ4v) is 4.66. The Morgan fingerprint density at radius 3 is 2.60 bits per heavy atom. The summed E-state index contributed by atoms with van der Waals surface area (Å²) in [6, 6.07) is 17.8. The Morgan fingerprint density at radius 1 is 1.08 bits per heavy atom. The molecule has 0 radical (unpaired) electrons. The van der Waals surface area contributed by atoms with E-state index >= 15 is 0 Å². The van der Waals surface area contributed by atoms with E-state index in [4.69, 9.17) is 12.2 Å². The quantitative estimate of drug-likeness (QED) is 0.681. The molecule has 1 amide bonds. The zero-order valence-electron chi connectivity index (χ0n) is 13.8. The molecule has 1 fully saturated rings. The molecule has 0 aliphatic carbocycles. The van der Waals surface area contributed by atoms with E-state index in [1.165, 1.54) is 16.6 Å². The maximum Gasteiger partial charge on any atom is 0.256 e. The molecule has 124 valence electrons. The number of nitrogens with zero attached hydrogens (tertiary/aromatic N) is 2. The first kappa shape index (κ1) is 14.7. The molecule has 2 aliphatic heterocycles. The summed E-state index contributed by atoms with van der Waals surface area (Å²) in [6.45, 7) is 2.12. The molecule has 25 heavy (non-hydrogen) atoms. The molecule has 0 spiro atoms. The third-order valence-corrected chi connectivity index (χ3v) is 5.74. The number of hydrogen-bond donors (Lipinski definition) is 1. The highest BCUT2D eigenvalue weighted by molar-refractivity contribution is 7.80. The largest absolute Gasteiger partial charge is 0.356 e. The second-order valence-corrected chi connectivity index (χ2v) is 7.02. The van der Waals surface area contributed by atoms with Crippen molar-refractivity contribution in [3.05, 3.63) is 65.9 Å². The van der Waals surface area contributed by atoms with E-state index in [-0.39, 0.29) is 18.0 Å². The van der Waals surface area contributed by atoms with Crippen LogP contribution in [-0.4, -0.2) is 26.9 Å². The Kier molecular flexibility index (Phi) is 3.03. The second-order valence-electron chi connectivity index (χ2n) is 6.66. The summed E-state index contributed by atoms with van der Waals surface area (Å²) in [4.78, 5) is 20.5. The molecular weight excluding hydrogens is 330 g/mol. The van der Waals surface area contributed by atoms with Crippen molar-refractivity contribution < 1.29 is 4.79 Å². The molecule has 2 atom stereocenters. The number of nitrogens with one attached hydrogen (secondary N) is 1. The summed E-state index contributed by atoms with van der Waals surface area (Å²) < 4.78 is 0. The van der Waals surface area contributed by atoms with Crippen molar-refractivity contribution in [1.82, 2.24) is 9.88 Å². The highest BCUT2D eigenvalue weighted by Gasteiger charge is 2.49. The number of aromatic nitrogens is 1. The number of thiocarbonyl (C=S) groups is 1. The normalized spacial score (nSPS) is 22.4. The molecule has 0 saturated carbocycles. The molecule has 1 aromatic heterocycles. The van der Waals surface area contributed by atoms with Gasteiger partial charge in [0.15, 0.2) is 5.11 Å². The number of carbonyl (C=O) groups excluding carboxylic acids is 1. The predicted molar refractivity (Wildman–Crippen MR) is 103 cm³/mol. The predicted octanol–water partition coefficient (Wildman–Crippen LogP) is 3.79. The van der Waals surface area contributed by atoms with Crippen molar-refractivity contribution in [3.63, 3.8) is 0 Å². The first-order chi connectivity index (χ1) is 12.2. The van der Waals surface area contributed by atoms with Gasteiger partial charge in [-0.3, -0.25) is 9.69 Å². The minimum Gasteiger partial charge on any atom is -0.356 e. The summed E-state index contributed by atoms with van der Waals surface area (Å²) in [7, 11) is 0. The summed E-state index contributed by atoms with van der Waals surface area (Å²) in [5.74, 6) is 0.0685. The summed E-state index contributed by atoms with van der Waals surface area (Å²) in [5.41, 5.74) is 4.38. The van der Waals surface area contributed by atoms with Crippen LogP contribution in [-0.2, 0) is 11.2 Å². The van der Waals surface area contributed by atoms with E-state index in [9.17, 15) is 4.79 Å². The lowest BCUT2D eigenvalue weighted by atomic mass is 9.93. The Balaban J connectivity index is 1.62. The van der Waals surface area contributed by atoms with Gasteiger partial charge in [0.05, 0.1) is 11.7 Å².